The van der Waals surface area contributed by atoms with E-state index in [2.05, 4.69) is 0 Å². The van der Waals surface area contributed by atoms with Crippen molar-refractivity contribution in [2.24, 2.45) is 5.41 Å². The number of allylic oxidation sites excluding steroid dienone is 10. The van der Waals surface area contributed by atoms with E-state index in [1.807, 2.05) is 0 Å². The monoisotopic (exact) mass is 604 g/mol. The minimum absolute atomic E-state index is 2.09. The Kier molecular flexibility index (Phi) is 5.22. The first kappa shape index (κ1) is 27.0. The maximum absolute atomic E-state index is 15.7. The molecule has 0 aromatic heterocycles. The van der Waals surface area contributed by atoms with E-state index in [0.29, 0.717) is 0 Å². The molecule has 0 nitrogen and oxygen atoms in total. The molecule has 1 spiro atoms. The Morgan fingerprint density at radius 1 is 0.268 bits per heavy atom. The molecule has 4 aliphatic carbocycles. The van der Waals surface area contributed by atoms with Crippen LogP contribution in [0.15, 0.2) is 46.1 Å². The third-order valence-electron chi connectivity index (χ3n) is 7.03. The first-order valence-electron chi connectivity index (χ1n) is 10.5. The predicted molar refractivity (Wildman–Crippen MR) is 106 cm³/mol. The normalized spacial score (nSPS) is 19.3. The summed E-state index contributed by atoms with van der Waals surface area (Å²) in [5.41, 5.74) is -22.4. The third kappa shape index (κ3) is 2.66. The summed E-state index contributed by atoms with van der Waals surface area (Å²) in [4.78, 5) is 0. The molecule has 0 heterocycles. The predicted octanol–water partition coefficient (Wildman–Crippen LogP) is 9.56. The van der Waals surface area contributed by atoms with Crippen molar-refractivity contribution in [1.29, 1.82) is 0 Å². The molecule has 0 fully saturated rings. The Morgan fingerprint density at radius 2 is 0.537 bits per heavy atom. The quantitative estimate of drug-likeness (QED) is 0.160. The lowest BCUT2D eigenvalue weighted by Gasteiger charge is -2.39. The average Bonchev–Trinajstić information content (AvgIpc) is 3.43. The van der Waals surface area contributed by atoms with Gasteiger partial charge in [0, 0.05) is 33.4 Å². The van der Waals surface area contributed by atoms with E-state index in [1.54, 1.807) is 0 Å². The van der Waals surface area contributed by atoms with Gasteiger partial charge in [0.2, 0.25) is 0 Å². The van der Waals surface area contributed by atoms with Crippen LogP contribution in [0.5, 0.6) is 0 Å². The standard InChI is InChI=1S/C25F16/c26-9-5-1(11(28)17(34)19(36)15(5)32)3-7(9)25(23(40)21(38)13(3)30)8-4(14(31)22(39)24(25)41)2-6(10(8)27)16(33)20(37)18(35)12(2)29. The van der Waals surface area contributed by atoms with E-state index in [1.165, 1.54) is 0 Å². The molecule has 0 amide bonds. The van der Waals surface area contributed by atoms with E-state index < -0.39 is 143 Å². The van der Waals surface area contributed by atoms with Gasteiger partial charge in [0.1, 0.15) is 17.1 Å². The van der Waals surface area contributed by atoms with Gasteiger partial charge in [-0.25, -0.2) is 70.2 Å². The van der Waals surface area contributed by atoms with Crippen LogP contribution in [0.3, 0.4) is 0 Å². The second-order valence-corrected chi connectivity index (χ2v) is 8.77. The maximum atomic E-state index is 15.7. The van der Waals surface area contributed by atoms with Crippen molar-refractivity contribution in [3.05, 3.63) is 115 Å². The molecule has 4 aliphatic rings. The van der Waals surface area contributed by atoms with E-state index in [-0.39, 0.29) is 0 Å². The fraction of sp³-hybridized carbons (Fsp3) is 0.0400. The van der Waals surface area contributed by atoms with Crippen LogP contribution in [0, 0.1) is 52.0 Å². The number of rotatable bonds is 0. The Bertz CT molecular complexity index is 1790. The van der Waals surface area contributed by atoms with Crippen LogP contribution in [-0.2, 0) is 0 Å². The van der Waals surface area contributed by atoms with Crippen LogP contribution in [0.2, 0.25) is 0 Å². The van der Waals surface area contributed by atoms with Crippen LogP contribution in [0.1, 0.15) is 22.3 Å². The van der Waals surface area contributed by atoms with Crippen molar-refractivity contribution in [1.82, 2.24) is 0 Å². The van der Waals surface area contributed by atoms with Crippen molar-refractivity contribution < 1.29 is 70.2 Å². The van der Waals surface area contributed by atoms with E-state index in [4.69, 9.17) is 0 Å². The van der Waals surface area contributed by atoms with E-state index in [9.17, 15) is 43.9 Å². The molecule has 212 valence electrons. The summed E-state index contributed by atoms with van der Waals surface area (Å²) in [6.07, 6.45) is 0. The Labute approximate surface area is 214 Å². The summed E-state index contributed by atoms with van der Waals surface area (Å²) < 4.78 is 237. The van der Waals surface area contributed by atoms with Gasteiger partial charge in [0.15, 0.2) is 81.5 Å². The van der Waals surface area contributed by atoms with Crippen molar-refractivity contribution in [3.8, 4) is 0 Å². The lowest BCUT2D eigenvalue weighted by atomic mass is 9.63. The van der Waals surface area contributed by atoms with Crippen LogP contribution in [-0.4, -0.2) is 0 Å². The summed E-state index contributed by atoms with van der Waals surface area (Å²) in [6, 6.07) is 0. The minimum Gasteiger partial charge on any atom is -0.207 e. The fourth-order valence-electron chi connectivity index (χ4n) is 5.41. The fourth-order valence-corrected chi connectivity index (χ4v) is 5.41. The zero-order chi connectivity index (χ0) is 30.4. The molecule has 0 N–H and O–H groups in total. The van der Waals surface area contributed by atoms with Crippen molar-refractivity contribution in [3.63, 3.8) is 0 Å². The summed E-state index contributed by atoms with van der Waals surface area (Å²) in [6.45, 7) is 0. The zero-order valence-corrected chi connectivity index (χ0v) is 18.5. The molecule has 6 rings (SSSR count). The second-order valence-electron chi connectivity index (χ2n) is 8.77. The van der Waals surface area contributed by atoms with Gasteiger partial charge in [-0.05, 0) is 0 Å². The first-order chi connectivity index (χ1) is 19.1. The van der Waals surface area contributed by atoms with Crippen LogP contribution >= 0.6 is 0 Å². The summed E-state index contributed by atoms with van der Waals surface area (Å²) in [5.74, 6) is -45.5. The maximum Gasteiger partial charge on any atom is 0.198 e. The smallest absolute Gasteiger partial charge is 0.198 e. The SMILES string of the molecule is FC1=C2C(=C(F)c3c(F)c(F)c(F)c(F)c32)C2(C(F)=C1F)C(F)=C(F)C(F)=C1C2=C(F)c2c(F)c(F)c(F)c(F)c21. The first-order valence-corrected chi connectivity index (χ1v) is 10.5. The van der Waals surface area contributed by atoms with Gasteiger partial charge in [0.25, 0.3) is 0 Å². The molecule has 0 saturated carbocycles. The average molecular weight is 604 g/mol. The largest absolute Gasteiger partial charge is 0.207 e. The zero-order valence-electron chi connectivity index (χ0n) is 18.5. The molecule has 0 radical (unpaired) electrons. The van der Waals surface area contributed by atoms with Gasteiger partial charge in [-0.3, -0.25) is 0 Å². The van der Waals surface area contributed by atoms with Crippen LogP contribution in [0.25, 0.3) is 22.8 Å². The number of benzene rings is 2. The Balaban J connectivity index is 1.87. The lowest BCUT2D eigenvalue weighted by Crippen LogP contribution is -2.35. The van der Waals surface area contributed by atoms with Gasteiger partial charge in [0.05, 0.1) is 11.1 Å². The summed E-state index contributed by atoms with van der Waals surface area (Å²) in [5, 5.41) is 0. The molecule has 2 aromatic rings. The second kappa shape index (κ2) is 7.94. The number of fused-ring (bicyclic) bond motifs is 8. The molecule has 0 aliphatic heterocycles. The van der Waals surface area contributed by atoms with Gasteiger partial charge < -0.3 is 0 Å². The molecule has 41 heavy (non-hydrogen) atoms. The van der Waals surface area contributed by atoms with Gasteiger partial charge in [-0.15, -0.1) is 0 Å². The highest BCUT2D eigenvalue weighted by atomic mass is 19.2. The van der Waals surface area contributed by atoms with Crippen molar-refractivity contribution in [2.75, 3.05) is 0 Å². The minimum atomic E-state index is -4.74. The van der Waals surface area contributed by atoms with Crippen molar-refractivity contribution >= 4 is 22.8 Å². The molecule has 16 heteroatoms. The molecule has 0 saturated heterocycles. The van der Waals surface area contributed by atoms with Gasteiger partial charge >= 0.3 is 0 Å². The Hall–Kier alpha value is -4.24. The molecule has 0 atom stereocenters. The lowest BCUT2D eigenvalue weighted by molar-refractivity contribution is 0.327. The summed E-state index contributed by atoms with van der Waals surface area (Å²) in [7, 11) is 0. The molecule has 2 aromatic carbocycles. The molecular formula is C25F16. The van der Waals surface area contributed by atoms with Crippen molar-refractivity contribution in [2.45, 2.75) is 0 Å². The highest BCUT2D eigenvalue weighted by Gasteiger charge is 2.65. The van der Waals surface area contributed by atoms with Gasteiger partial charge in [-0.1, -0.05) is 0 Å². The third-order valence-corrected chi connectivity index (χ3v) is 7.03. The molecular weight excluding hydrogens is 604 g/mol. The highest BCUT2D eigenvalue weighted by molar-refractivity contribution is 6.10. The Morgan fingerprint density at radius 3 is 0.829 bits per heavy atom. The number of hydrogen-bond acceptors (Lipinski definition) is 0. The molecule has 0 bridgehead atoms. The summed E-state index contributed by atoms with van der Waals surface area (Å²) >= 11 is 0. The van der Waals surface area contributed by atoms with Crippen LogP contribution < -0.4 is 0 Å². The van der Waals surface area contributed by atoms with E-state index >= 15 is 26.3 Å². The van der Waals surface area contributed by atoms with Gasteiger partial charge in [-0.2, -0.15) is 0 Å². The number of hydrogen-bond donors (Lipinski definition) is 0. The van der Waals surface area contributed by atoms with Crippen LogP contribution in [0.4, 0.5) is 70.2 Å². The topological polar surface area (TPSA) is 0 Å². The van der Waals surface area contributed by atoms with E-state index in [0.717, 1.165) is 0 Å². The number of halogens is 16. The molecule has 0 unspecified atom stereocenters. The highest BCUT2D eigenvalue weighted by Crippen LogP contribution is 2.72.